The third-order valence-corrected chi connectivity index (χ3v) is 4.05. The summed E-state index contributed by atoms with van der Waals surface area (Å²) in [4.78, 5) is 0. The van der Waals surface area contributed by atoms with Gasteiger partial charge in [0, 0.05) is 11.8 Å². The minimum Gasteiger partial charge on any atom is -0.375 e. The van der Waals surface area contributed by atoms with E-state index < -0.39 is 17.5 Å². The van der Waals surface area contributed by atoms with E-state index in [1.54, 1.807) is 13.1 Å². The molecular formula is C14H13F3N4O2. The number of hydrogen-bond donors (Lipinski definition) is 1. The second kappa shape index (κ2) is 4.83. The topological polar surface area (TPSA) is 87.9 Å². The van der Waals surface area contributed by atoms with Gasteiger partial charge in [-0.2, -0.15) is 23.5 Å². The Morgan fingerprint density at radius 1 is 1.52 bits per heavy atom. The molecule has 0 fully saturated rings. The fraction of sp³-hybridized carbons (Fsp3) is 0.500. The lowest BCUT2D eigenvalue weighted by atomic mass is 9.82. The van der Waals surface area contributed by atoms with Gasteiger partial charge in [-0.15, -0.1) is 0 Å². The van der Waals surface area contributed by atoms with Crippen LogP contribution in [0.2, 0.25) is 0 Å². The Kier molecular flexibility index (Phi) is 3.26. The van der Waals surface area contributed by atoms with Crippen LogP contribution in [0.1, 0.15) is 36.7 Å². The number of rotatable bonds is 2. The molecule has 0 radical (unpaired) electrons. The van der Waals surface area contributed by atoms with Gasteiger partial charge in [-0.3, -0.25) is 4.68 Å². The predicted molar refractivity (Wildman–Crippen MR) is 71.1 cm³/mol. The molecule has 122 valence electrons. The molecule has 2 heterocycles. The van der Waals surface area contributed by atoms with Crippen LogP contribution < -0.4 is 0 Å². The van der Waals surface area contributed by atoms with Crippen LogP contribution in [0.4, 0.5) is 13.2 Å². The Bertz CT molecular complexity index is 798. The lowest BCUT2D eigenvalue weighted by Crippen LogP contribution is -2.40. The van der Waals surface area contributed by atoms with E-state index in [9.17, 15) is 18.3 Å². The number of nitriles is 1. The van der Waals surface area contributed by atoms with E-state index in [4.69, 9.17) is 9.78 Å². The van der Waals surface area contributed by atoms with E-state index >= 15 is 0 Å². The van der Waals surface area contributed by atoms with E-state index in [2.05, 4.69) is 10.3 Å². The van der Waals surface area contributed by atoms with Gasteiger partial charge in [0.15, 0.2) is 5.76 Å². The van der Waals surface area contributed by atoms with Gasteiger partial charge in [0.2, 0.25) is 5.60 Å². The summed E-state index contributed by atoms with van der Waals surface area (Å²) in [7, 11) is 0. The van der Waals surface area contributed by atoms with Crippen LogP contribution in [0.15, 0.2) is 10.7 Å². The van der Waals surface area contributed by atoms with Gasteiger partial charge >= 0.3 is 6.18 Å². The third-order valence-electron chi connectivity index (χ3n) is 4.05. The summed E-state index contributed by atoms with van der Waals surface area (Å²) in [6.45, 7) is 2.41. The van der Waals surface area contributed by atoms with Crippen molar-refractivity contribution in [3.63, 3.8) is 0 Å². The monoisotopic (exact) mass is 326 g/mol. The molecule has 23 heavy (non-hydrogen) atoms. The molecule has 6 nitrogen and oxygen atoms in total. The van der Waals surface area contributed by atoms with Crippen molar-refractivity contribution in [1.29, 1.82) is 5.26 Å². The summed E-state index contributed by atoms with van der Waals surface area (Å²) in [5.74, 6) is -0.180. The van der Waals surface area contributed by atoms with Crippen LogP contribution in [0, 0.1) is 11.3 Å². The smallest absolute Gasteiger partial charge is 0.375 e. The molecule has 1 aliphatic carbocycles. The van der Waals surface area contributed by atoms with Crippen molar-refractivity contribution in [2.45, 2.75) is 44.5 Å². The molecule has 0 aliphatic heterocycles. The molecule has 0 saturated carbocycles. The van der Waals surface area contributed by atoms with E-state index in [-0.39, 0.29) is 23.8 Å². The molecule has 0 amide bonds. The van der Waals surface area contributed by atoms with E-state index in [0.717, 1.165) is 0 Å². The average molecular weight is 326 g/mol. The molecule has 1 aliphatic rings. The van der Waals surface area contributed by atoms with E-state index in [1.165, 1.54) is 4.68 Å². The van der Waals surface area contributed by atoms with E-state index in [0.29, 0.717) is 24.6 Å². The highest BCUT2D eigenvalue weighted by Gasteiger charge is 2.55. The quantitative estimate of drug-likeness (QED) is 0.916. The van der Waals surface area contributed by atoms with Gasteiger partial charge in [0.25, 0.3) is 0 Å². The Balaban J connectivity index is 2.15. The van der Waals surface area contributed by atoms with E-state index in [1.807, 2.05) is 6.07 Å². The number of hydrogen-bond acceptors (Lipinski definition) is 5. The van der Waals surface area contributed by atoms with Crippen molar-refractivity contribution in [2.75, 3.05) is 0 Å². The van der Waals surface area contributed by atoms with Gasteiger partial charge in [-0.25, -0.2) is 0 Å². The van der Waals surface area contributed by atoms with Crippen molar-refractivity contribution in [1.82, 2.24) is 14.9 Å². The molecule has 0 saturated heterocycles. The fourth-order valence-corrected chi connectivity index (χ4v) is 2.78. The SMILES string of the molecule is C[C@@H]1Cc2nn(CC#N)cc2-c2onc([C@](C)(O)C(F)(F)F)c21. The molecule has 0 spiro atoms. The number of nitrogens with zero attached hydrogens (tertiary/aromatic N) is 4. The van der Waals surface area contributed by atoms with Crippen LogP contribution in [0.3, 0.4) is 0 Å². The highest BCUT2D eigenvalue weighted by molar-refractivity contribution is 5.68. The number of alkyl halides is 3. The summed E-state index contributed by atoms with van der Waals surface area (Å²) >= 11 is 0. The molecule has 1 N–H and O–H groups in total. The number of fused-ring (bicyclic) bond motifs is 3. The summed E-state index contributed by atoms with van der Waals surface area (Å²) in [5.41, 5.74) is -2.25. The molecule has 2 aromatic heterocycles. The Morgan fingerprint density at radius 2 is 2.22 bits per heavy atom. The van der Waals surface area contributed by atoms with Crippen LogP contribution in [0.5, 0.6) is 0 Å². The first-order chi connectivity index (χ1) is 10.7. The number of aliphatic hydroxyl groups is 1. The van der Waals surface area contributed by atoms with Crippen molar-refractivity contribution in [3.8, 4) is 17.4 Å². The molecule has 0 aromatic carbocycles. The number of aromatic nitrogens is 3. The van der Waals surface area contributed by atoms with Gasteiger partial charge in [-0.1, -0.05) is 12.1 Å². The first-order valence-electron chi connectivity index (χ1n) is 6.89. The summed E-state index contributed by atoms with van der Waals surface area (Å²) in [6, 6.07) is 1.94. The molecule has 0 unspecified atom stereocenters. The first kappa shape index (κ1) is 15.6. The predicted octanol–water partition coefficient (Wildman–Crippen LogP) is 2.49. The minimum atomic E-state index is -4.87. The highest BCUT2D eigenvalue weighted by Crippen LogP contribution is 2.47. The maximum atomic E-state index is 13.1. The summed E-state index contributed by atoms with van der Waals surface area (Å²) < 4.78 is 45.8. The molecule has 2 aromatic rings. The largest absolute Gasteiger partial charge is 0.422 e. The number of halogens is 3. The molecule has 0 bridgehead atoms. The normalized spacial score (nSPS) is 19.6. The minimum absolute atomic E-state index is 0.0258. The summed E-state index contributed by atoms with van der Waals surface area (Å²) in [5, 5.41) is 26.4. The lowest BCUT2D eigenvalue weighted by molar-refractivity contribution is -0.261. The van der Waals surface area contributed by atoms with Crippen molar-refractivity contribution in [3.05, 3.63) is 23.1 Å². The van der Waals surface area contributed by atoms with Gasteiger partial charge < -0.3 is 9.63 Å². The van der Waals surface area contributed by atoms with Gasteiger partial charge in [0.1, 0.15) is 12.2 Å². The lowest BCUT2D eigenvalue weighted by Gasteiger charge is -2.27. The Labute approximate surface area is 129 Å². The average Bonchev–Trinajstić information content (AvgIpc) is 3.01. The zero-order chi connectivity index (χ0) is 17.0. The zero-order valence-corrected chi connectivity index (χ0v) is 12.3. The fourth-order valence-electron chi connectivity index (χ4n) is 2.78. The standard InChI is InChI=1S/C14H13F3N4O2/c1-7-5-9-8(6-21(19-9)4-3-18)11-10(7)12(20-23-11)13(2,22)14(15,16)17/h6-7,22H,4-5H2,1-2H3/t7-,13+/m1/s1. The molecule has 2 atom stereocenters. The van der Waals surface area contributed by atoms with Crippen molar-refractivity contribution >= 4 is 0 Å². The maximum absolute atomic E-state index is 13.1. The molecular weight excluding hydrogens is 313 g/mol. The molecule has 9 heteroatoms. The Hall–Kier alpha value is -2.34. The van der Waals surface area contributed by atoms with Crippen molar-refractivity contribution < 1.29 is 22.8 Å². The Morgan fingerprint density at radius 3 is 2.83 bits per heavy atom. The van der Waals surface area contributed by atoms with Crippen LogP contribution in [-0.4, -0.2) is 26.2 Å². The second-order valence-corrected chi connectivity index (χ2v) is 5.79. The molecule has 3 rings (SSSR count). The highest BCUT2D eigenvalue weighted by atomic mass is 19.4. The first-order valence-corrected chi connectivity index (χ1v) is 6.89. The zero-order valence-electron chi connectivity index (χ0n) is 12.3. The maximum Gasteiger partial charge on any atom is 0.422 e. The van der Waals surface area contributed by atoms with Gasteiger partial charge in [0.05, 0.1) is 17.3 Å². The van der Waals surface area contributed by atoms with Gasteiger partial charge in [-0.05, 0) is 19.3 Å². The van der Waals surface area contributed by atoms with Crippen LogP contribution in [-0.2, 0) is 18.6 Å². The van der Waals surface area contributed by atoms with Crippen molar-refractivity contribution in [2.24, 2.45) is 0 Å². The van der Waals surface area contributed by atoms with Crippen LogP contribution in [0.25, 0.3) is 11.3 Å². The van der Waals surface area contributed by atoms with Crippen LogP contribution >= 0.6 is 0 Å². The summed E-state index contributed by atoms with van der Waals surface area (Å²) in [6.07, 6.45) is -2.95. The third kappa shape index (κ3) is 2.21. The second-order valence-electron chi connectivity index (χ2n) is 5.79.